The summed E-state index contributed by atoms with van der Waals surface area (Å²) in [7, 11) is 1.61. The zero-order valence-corrected chi connectivity index (χ0v) is 20.1. The van der Waals surface area contributed by atoms with Crippen LogP contribution in [0.5, 0.6) is 5.75 Å². The third kappa shape index (κ3) is 6.61. The molecule has 1 N–H and O–H groups in total. The number of benzene rings is 2. The number of methoxy groups -OCH3 is 1. The highest BCUT2D eigenvalue weighted by molar-refractivity contribution is 6.67. The molecule has 1 amide bonds. The van der Waals surface area contributed by atoms with Crippen LogP contribution in [-0.2, 0) is 11.2 Å². The van der Waals surface area contributed by atoms with Crippen molar-refractivity contribution >= 4 is 58.1 Å². The maximum atomic E-state index is 13.0. The molecule has 2 aromatic carbocycles. The summed E-state index contributed by atoms with van der Waals surface area (Å²) in [6.45, 7) is 3.71. The first-order valence-electron chi connectivity index (χ1n) is 9.85. The van der Waals surface area contributed by atoms with Crippen LogP contribution >= 0.6 is 34.8 Å². The molecule has 2 aromatic rings. The molecule has 0 saturated carbocycles. The first-order chi connectivity index (χ1) is 15.0. The molecule has 3 rings (SSSR count). The highest BCUT2D eigenvalue weighted by Crippen LogP contribution is 2.31. The first-order valence-corrected chi connectivity index (χ1v) is 11.0. The highest BCUT2D eigenvalue weighted by Gasteiger charge is 2.28. The molecule has 0 unspecified atom stereocenters. The van der Waals surface area contributed by atoms with E-state index < -0.39 is 9.89 Å². The first kappa shape index (κ1) is 24.4. The lowest BCUT2D eigenvalue weighted by molar-refractivity contribution is 0.100. The van der Waals surface area contributed by atoms with Gasteiger partial charge in [0.1, 0.15) is 12.4 Å². The summed E-state index contributed by atoms with van der Waals surface area (Å²) in [4.78, 5) is 29.6. The normalized spacial score (nSPS) is 14.8. The molecule has 9 heteroatoms. The Kier molecular flexibility index (Phi) is 7.38. The van der Waals surface area contributed by atoms with Gasteiger partial charge in [-0.15, -0.1) is 0 Å². The van der Waals surface area contributed by atoms with Crippen molar-refractivity contribution in [2.45, 2.75) is 36.0 Å². The van der Waals surface area contributed by atoms with Crippen molar-refractivity contribution in [1.82, 2.24) is 0 Å². The van der Waals surface area contributed by atoms with Gasteiger partial charge >= 0.3 is 6.09 Å². The lowest BCUT2D eigenvalue weighted by Crippen LogP contribution is -2.30. The van der Waals surface area contributed by atoms with E-state index in [0.29, 0.717) is 11.3 Å². The standard InChI is InChI=1S/C23H23Cl3N2O4/c1-22(2)12-15-6-9-17(31-3)10-18(15)19(28-22)11-20(29)14-4-7-16(8-5-14)27-21(30)32-13-23(24,25)26/h4-10H,11-13H2,1-3H3,(H,27,30). The Hall–Kier alpha value is -2.28. The summed E-state index contributed by atoms with van der Waals surface area (Å²) in [6.07, 6.45) is 0.181. The van der Waals surface area contributed by atoms with Gasteiger partial charge < -0.3 is 9.47 Å². The number of amides is 1. The Morgan fingerprint density at radius 3 is 2.44 bits per heavy atom. The largest absolute Gasteiger partial charge is 0.497 e. The lowest BCUT2D eigenvalue weighted by atomic mass is 9.85. The van der Waals surface area contributed by atoms with E-state index in [9.17, 15) is 9.59 Å². The van der Waals surface area contributed by atoms with Gasteiger partial charge in [0.05, 0.1) is 24.8 Å². The molecule has 170 valence electrons. The van der Waals surface area contributed by atoms with Crippen LogP contribution in [0.25, 0.3) is 0 Å². The van der Waals surface area contributed by atoms with Gasteiger partial charge in [0, 0.05) is 16.8 Å². The zero-order valence-electron chi connectivity index (χ0n) is 17.9. The number of anilines is 1. The number of alkyl halides is 3. The zero-order chi connectivity index (χ0) is 23.5. The van der Waals surface area contributed by atoms with Gasteiger partial charge in [-0.1, -0.05) is 40.9 Å². The van der Waals surface area contributed by atoms with E-state index in [4.69, 9.17) is 49.3 Å². The Bertz CT molecular complexity index is 1040. The molecule has 1 aliphatic heterocycles. The molecule has 0 aliphatic carbocycles. The van der Waals surface area contributed by atoms with Crippen molar-refractivity contribution in [3.63, 3.8) is 0 Å². The fourth-order valence-electron chi connectivity index (χ4n) is 3.47. The summed E-state index contributed by atoms with van der Waals surface area (Å²) in [5, 5.41) is 2.51. The number of nitrogens with one attached hydrogen (secondary N) is 1. The quantitative estimate of drug-likeness (QED) is 0.391. The summed E-state index contributed by atoms with van der Waals surface area (Å²) in [6, 6.07) is 12.3. The number of ether oxygens (including phenoxy) is 2. The number of nitrogens with zero attached hydrogens (tertiary/aromatic N) is 1. The molecule has 6 nitrogen and oxygen atoms in total. The second kappa shape index (κ2) is 9.69. The number of ketones is 1. The Balaban J connectivity index is 1.71. The summed E-state index contributed by atoms with van der Waals surface area (Å²) >= 11 is 16.7. The molecule has 0 atom stereocenters. The van der Waals surface area contributed by atoms with Crippen molar-refractivity contribution < 1.29 is 19.1 Å². The minimum Gasteiger partial charge on any atom is -0.497 e. The van der Waals surface area contributed by atoms with Gasteiger partial charge in [-0.2, -0.15) is 0 Å². The van der Waals surface area contributed by atoms with E-state index in [1.165, 1.54) is 0 Å². The highest BCUT2D eigenvalue weighted by atomic mass is 35.6. The Labute approximate surface area is 201 Å². The minimum absolute atomic E-state index is 0.0828. The van der Waals surface area contributed by atoms with Crippen molar-refractivity contribution in [1.29, 1.82) is 0 Å². The number of aliphatic imine (C=N–C) groups is 1. The molecule has 0 aromatic heterocycles. The van der Waals surface area contributed by atoms with Crippen LogP contribution in [0, 0.1) is 0 Å². The summed E-state index contributed by atoms with van der Waals surface area (Å²) in [5.74, 6) is 0.640. The molecule has 0 spiro atoms. The van der Waals surface area contributed by atoms with E-state index in [0.717, 1.165) is 29.0 Å². The van der Waals surface area contributed by atoms with E-state index in [1.807, 2.05) is 32.0 Å². The number of hydrogen-bond donors (Lipinski definition) is 1. The predicted octanol–water partition coefficient (Wildman–Crippen LogP) is 6.01. The number of carbonyl (C=O) groups excluding carboxylic acids is 2. The Morgan fingerprint density at radius 2 is 1.81 bits per heavy atom. The number of halogens is 3. The summed E-state index contributed by atoms with van der Waals surface area (Å²) in [5.41, 5.74) is 3.46. The molecule has 0 bridgehead atoms. The molecule has 0 fully saturated rings. The van der Waals surface area contributed by atoms with E-state index in [2.05, 4.69) is 5.32 Å². The van der Waals surface area contributed by atoms with Crippen molar-refractivity contribution in [3.8, 4) is 5.75 Å². The van der Waals surface area contributed by atoms with Crippen molar-refractivity contribution in [2.24, 2.45) is 4.99 Å². The van der Waals surface area contributed by atoms with Gasteiger partial charge in [-0.25, -0.2) is 4.79 Å². The second-order valence-corrected chi connectivity index (χ2v) is 10.6. The minimum atomic E-state index is -1.69. The predicted molar refractivity (Wildman–Crippen MR) is 128 cm³/mol. The van der Waals surface area contributed by atoms with Crippen LogP contribution in [0.2, 0.25) is 0 Å². The van der Waals surface area contributed by atoms with Gasteiger partial charge in [-0.05, 0) is 62.2 Å². The maximum Gasteiger partial charge on any atom is 0.411 e. The van der Waals surface area contributed by atoms with Crippen LogP contribution in [0.3, 0.4) is 0 Å². The fourth-order valence-corrected chi connectivity index (χ4v) is 3.63. The SMILES string of the molecule is COc1ccc2c(c1)C(CC(=O)c1ccc(NC(=O)OCC(Cl)(Cl)Cl)cc1)=NC(C)(C)C2. The summed E-state index contributed by atoms with van der Waals surface area (Å²) < 4.78 is 8.48. The van der Waals surface area contributed by atoms with E-state index >= 15 is 0 Å². The van der Waals surface area contributed by atoms with Crippen molar-refractivity contribution in [2.75, 3.05) is 19.0 Å². The van der Waals surface area contributed by atoms with Crippen LogP contribution in [0.4, 0.5) is 10.5 Å². The van der Waals surface area contributed by atoms with Crippen LogP contribution in [-0.4, -0.2) is 40.6 Å². The molecule has 0 radical (unpaired) electrons. The molecule has 0 saturated heterocycles. The van der Waals surface area contributed by atoms with Gasteiger partial charge in [0.25, 0.3) is 0 Å². The lowest BCUT2D eigenvalue weighted by Gasteiger charge is -2.29. The number of Topliss-reactive ketones (excluding diaryl/α,β-unsaturated/α-hetero) is 1. The van der Waals surface area contributed by atoms with Gasteiger partial charge in [0.2, 0.25) is 3.79 Å². The van der Waals surface area contributed by atoms with Crippen LogP contribution in [0.1, 0.15) is 41.8 Å². The van der Waals surface area contributed by atoms with E-state index in [1.54, 1.807) is 31.4 Å². The number of hydrogen-bond acceptors (Lipinski definition) is 5. The molecular formula is C23H23Cl3N2O4. The molecule has 1 aliphatic rings. The monoisotopic (exact) mass is 496 g/mol. The molecule has 32 heavy (non-hydrogen) atoms. The van der Waals surface area contributed by atoms with Gasteiger partial charge in [-0.3, -0.25) is 15.1 Å². The average Bonchev–Trinajstić information content (AvgIpc) is 2.71. The topological polar surface area (TPSA) is 77.0 Å². The maximum absolute atomic E-state index is 13.0. The van der Waals surface area contributed by atoms with Gasteiger partial charge in [0.15, 0.2) is 5.78 Å². The third-order valence-corrected chi connectivity index (χ3v) is 5.16. The molecule has 1 heterocycles. The smallest absolute Gasteiger partial charge is 0.411 e. The third-order valence-electron chi connectivity index (χ3n) is 4.84. The van der Waals surface area contributed by atoms with Crippen molar-refractivity contribution in [3.05, 3.63) is 59.2 Å². The average molecular weight is 498 g/mol. The van der Waals surface area contributed by atoms with Crippen LogP contribution in [0.15, 0.2) is 47.5 Å². The number of fused-ring (bicyclic) bond motifs is 1. The Morgan fingerprint density at radius 1 is 1.12 bits per heavy atom. The van der Waals surface area contributed by atoms with Crippen LogP contribution < -0.4 is 10.1 Å². The number of carbonyl (C=O) groups is 2. The fraction of sp³-hybridized carbons (Fsp3) is 0.348. The molecular weight excluding hydrogens is 475 g/mol. The number of rotatable bonds is 6. The second-order valence-electron chi connectivity index (χ2n) is 8.06. The van der Waals surface area contributed by atoms with E-state index in [-0.39, 0.29) is 24.3 Å².